The van der Waals surface area contributed by atoms with Crippen LogP contribution in [0.2, 0.25) is 0 Å². The number of halogens is 2. The van der Waals surface area contributed by atoms with Crippen LogP contribution in [-0.4, -0.2) is 55.0 Å². The molecule has 152 valence electrons. The topological polar surface area (TPSA) is 63.7 Å². The van der Waals surface area contributed by atoms with E-state index >= 15 is 0 Å². The number of methoxy groups -OCH3 is 1. The number of thiazole rings is 1. The summed E-state index contributed by atoms with van der Waals surface area (Å²) >= 11 is 1.49. The first-order valence-corrected chi connectivity index (χ1v) is 9.98. The molecule has 28 heavy (non-hydrogen) atoms. The van der Waals surface area contributed by atoms with Gasteiger partial charge in [0.15, 0.2) is 11.5 Å². The van der Waals surface area contributed by atoms with Gasteiger partial charge in [0.2, 0.25) is 0 Å². The zero-order valence-corrected chi connectivity index (χ0v) is 16.4. The molecule has 1 aliphatic heterocycles. The van der Waals surface area contributed by atoms with Crippen molar-refractivity contribution < 1.29 is 23.0 Å². The van der Waals surface area contributed by atoms with Gasteiger partial charge in [-0.3, -0.25) is 9.69 Å². The third-order valence-corrected chi connectivity index (χ3v) is 5.24. The Morgan fingerprint density at radius 2 is 2.14 bits per heavy atom. The largest absolute Gasteiger partial charge is 0.493 e. The zero-order valence-electron chi connectivity index (χ0n) is 15.6. The number of amides is 1. The van der Waals surface area contributed by atoms with E-state index in [0.29, 0.717) is 49.6 Å². The van der Waals surface area contributed by atoms with E-state index in [4.69, 9.17) is 9.47 Å². The van der Waals surface area contributed by atoms with E-state index in [9.17, 15) is 13.6 Å². The molecule has 0 radical (unpaired) electrons. The maximum Gasteiger partial charge on any atom is 0.251 e. The monoisotopic (exact) mass is 411 g/mol. The highest BCUT2D eigenvalue weighted by Crippen LogP contribution is 2.29. The molecule has 0 saturated carbocycles. The Bertz CT molecular complexity index is 766. The predicted octanol–water partition coefficient (Wildman–Crippen LogP) is 3.19. The summed E-state index contributed by atoms with van der Waals surface area (Å²) in [6.45, 7) is 1.23. The quantitative estimate of drug-likeness (QED) is 0.723. The van der Waals surface area contributed by atoms with Gasteiger partial charge in [0.1, 0.15) is 6.61 Å². The minimum atomic E-state index is -2.32. The number of alkyl halides is 2. The van der Waals surface area contributed by atoms with Crippen molar-refractivity contribution in [3.8, 4) is 11.5 Å². The van der Waals surface area contributed by atoms with Crippen LogP contribution >= 0.6 is 11.3 Å². The van der Waals surface area contributed by atoms with Crippen molar-refractivity contribution in [2.24, 2.45) is 0 Å². The number of carbonyl (C=O) groups excluding carboxylic acids is 1. The van der Waals surface area contributed by atoms with Gasteiger partial charge in [-0.2, -0.15) is 0 Å². The molecule has 0 aliphatic carbocycles. The Labute approximate surface area is 166 Å². The number of ether oxygens (including phenoxy) is 2. The van der Waals surface area contributed by atoms with Crippen LogP contribution in [0.3, 0.4) is 0 Å². The molecule has 2 aromatic rings. The average Bonchev–Trinajstić information content (AvgIpc) is 3.21. The number of rotatable bonds is 8. The predicted molar refractivity (Wildman–Crippen MR) is 102 cm³/mol. The van der Waals surface area contributed by atoms with Crippen LogP contribution < -0.4 is 14.8 Å². The van der Waals surface area contributed by atoms with E-state index in [1.54, 1.807) is 28.6 Å². The molecule has 2 heterocycles. The van der Waals surface area contributed by atoms with Gasteiger partial charge in [-0.15, -0.1) is 11.3 Å². The van der Waals surface area contributed by atoms with Crippen molar-refractivity contribution >= 4 is 17.2 Å². The number of hydrogen-bond donors (Lipinski definition) is 1. The van der Waals surface area contributed by atoms with Crippen molar-refractivity contribution in [2.45, 2.75) is 31.9 Å². The van der Waals surface area contributed by atoms with Crippen molar-refractivity contribution in [1.82, 2.24) is 15.2 Å². The number of nitrogens with zero attached hydrogens (tertiary/aromatic N) is 2. The number of hydrogen-bond acceptors (Lipinski definition) is 6. The summed E-state index contributed by atoms with van der Waals surface area (Å²) in [6, 6.07) is 5.00. The Balaban J connectivity index is 1.55. The molecular weight excluding hydrogens is 388 g/mol. The van der Waals surface area contributed by atoms with Crippen molar-refractivity contribution in [3.63, 3.8) is 0 Å². The molecule has 0 atom stereocenters. The van der Waals surface area contributed by atoms with E-state index in [0.717, 1.165) is 5.69 Å². The first-order valence-electron chi connectivity index (χ1n) is 9.04. The zero-order chi connectivity index (χ0) is 19.9. The molecule has 0 bridgehead atoms. The van der Waals surface area contributed by atoms with E-state index < -0.39 is 6.43 Å². The summed E-state index contributed by atoms with van der Waals surface area (Å²) in [4.78, 5) is 18.4. The Morgan fingerprint density at radius 1 is 1.36 bits per heavy atom. The minimum Gasteiger partial charge on any atom is -0.493 e. The molecule has 9 heteroatoms. The van der Waals surface area contributed by atoms with Gasteiger partial charge in [-0.25, -0.2) is 13.8 Å². The summed E-state index contributed by atoms with van der Waals surface area (Å²) in [5, 5.41) is 4.88. The van der Waals surface area contributed by atoms with Crippen molar-refractivity contribution in [2.75, 3.05) is 26.7 Å². The van der Waals surface area contributed by atoms with Gasteiger partial charge < -0.3 is 14.8 Å². The molecule has 1 N–H and O–H groups in total. The minimum absolute atomic E-state index is 0.0204. The number of piperidine rings is 1. The molecule has 3 rings (SSSR count). The average molecular weight is 411 g/mol. The van der Waals surface area contributed by atoms with Crippen LogP contribution in [0.25, 0.3) is 0 Å². The first kappa shape index (κ1) is 20.5. The highest BCUT2D eigenvalue weighted by Gasteiger charge is 2.23. The highest BCUT2D eigenvalue weighted by molar-refractivity contribution is 7.07. The van der Waals surface area contributed by atoms with Crippen molar-refractivity contribution in [1.29, 1.82) is 0 Å². The summed E-state index contributed by atoms with van der Waals surface area (Å²) in [5.41, 5.74) is 3.03. The third-order valence-electron chi connectivity index (χ3n) is 4.60. The second kappa shape index (κ2) is 9.79. The van der Waals surface area contributed by atoms with Crippen LogP contribution in [0.5, 0.6) is 11.5 Å². The Kier molecular flexibility index (Phi) is 7.16. The molecule has 1 aromatic heterocycles. The normalized spacial score (nSPS) is 15.6. The molecule has 1 aromatic carbocycles. The summed E-state index contributed by atoms with van der Waals surface area (Å²) in [6.07, 6.45) is -1.01. The maximum absolute atomic E-state index is 12.5. The fraction of sp³-hybridized carbons (Fsp3) is 0.474. The molecule has 0 spiro atoms. The van der Waals surface area contributed by atoms with Gasteiger partial charge in [0, 0.05) is 30.1 Å². The maximum atomic E-state index is 12.5. The number of benzene rings is 1. The van der Waals surface area contributed by atoms with Crippen molar-refractivity contribution in [3.05, 3.63) is 40.3 Å². The summed E-state index contributed by atoms with van der Waals surface area (Å²) in [5.74, 6) is 0.790. The molecular formula is C19H23F2N3O3S. The first-order chi connectivity index (χ1) is 13.5. The molecule has 0 unspecified atom stereocenters. The number of nitrogens with one attached hydrogen (secondary N) is 1. The molecule has 1 fully saturated rings. The fourth-order valence-corrected chi connectivity index (χ4v) is 3.66. The standard InChI is InChI=1S/C19H23F2N3O3S/c1-26-17-8-13(2-3-16(17)27-10-15-11-28-12-22-15)19(25)23-14-4-6-24(7-5-14)9-18(20)21/h2-3,8,11-12,14,18H,4-7,9-10H2,1H3,(H,23,25). The third kappa shape index (κ3) is 5.62. The van der Waals surface area contributed by atoms with Gasteiger partial charge >= 0.3 is 0 Å². The Hall–Kier alpha value is -2.26. The van der Waals surface area contributed by atoms with Gasteiger partial charge in [-0.05, 0) is 31.0 Å². The SMILES string of the molecule is COc1cc(C(=O)NC2CCN(CC(F)F)CC2)ccc1OCc1cscn1. The lowest BCUT2D eigenvalue weighted by molar-refractivity contribution is 0.0696. The van der Waals surface area contributed by atoms with Crippen LogP contribution in [0.1, 0.15) is 28.9 Å². The molecule has 1 amide bonds. The van der Waals surface area contributed by atoms with Crippen LogP contribution in [0.15, 0.2) is 29.1 Å². The Morgan fingerprint density at radius 3 is 2.79 bits per heavy atom. The highest BCUT2D eigenvalue weighted by atomic mass is 32.1. The number of aromatic nitrogens is 1. The lowest BCUT2D eigenvalue weighted by atomic mass is 10.0. The van der Waals surface area contributed by atoms with E-state index in [2.05, 4.69) is 10.3 Å². The second-order valence-electron chi connectivity index (χ2n) is 6.57. The summed E-state index contributed by atoms with van der Waals surface area (Å²) < 4.78 is 36.0. The lowest BCUT2D eigenvalue weighted by Gasteiger charge is -2.32. The molecule has 6 nitrogen and oxygen atoms in total. The smallest absolute Gasteiger partial charge is 0.251 e. The van der Waals surface area contributed by atoms with Crippen LogP contribution in [0.4, 0.5) is 8.78 Å². The van der Waals surface area contributed by atoms with Gasteiger partial charge in [-0.1, -0.05) is 0 Å². The van der Waals surface area contributed by atoms with E-state index in [1.807, 2.05) is 5.38 Å². The van der Waals surface area contributed by atoms with Gasteiger partial charge in [0.05, 0.1) is 24.9 Å². The van der Waals surface area contributed by atoms with E-state index in [1.165, 1.54) is 18.4 Å². The summed E-state index contributed by atoms with van der Waals surface area (Å²) in [7, 11) is 1.52. The molecule has 1 aliphatic rings. The van der Waals surface area contributed by atoms with E-state index in [-0.39, 0.29) is 18.5 Å². The van der Waals surface area contributed by atoms with Crippen LogP contribution in [-0.2, 0) is 6.61 Å². The second-order valence-corrected chi connectivity index (χ2v) is 7.29. The number of carbonyl (C=O) groups is 1. The number of likely N-dealkylation sites (tertiary alicyclic amines) is 1. The fourth-order valence-electron chi connectivity index (χ4n) is 3.11. The van der Waals surface area contributed by atoms with Gasteiger partial charge in [0.25, 0.3) is 12.3 Å². The lowest BCUT2D eigenvalue weighted by Crippen LogP contribution is -2.45. The molecule has 1 saturated heterocycles. The van der Waals surface area contributed by atoms with Crippen LogP contribution in [0, 0.1) is 0 Å².